The van der Waals surface area contributed by atoms with Crippen molar-refractivity contribution in [1.29, 1.82) is 0 Å². The summed E-state index contributed by atoms with van der Waals surface area (Å²) in [7, 11) is 2.01. The van der Waals surface area contributed by atoms with Crippen molar-refractivity contribution in [3.63, 3.8) is 0 Å². The molecule has 1 amide bonds. The van der Waals surface area contributed by atoms with Crippen LogP contribution in [0.4, 0.5) is 4.39 Å². The number of imidazole rings is 1. The van der Waals surface area contributed by atoms with Crippen LogP contribution in [0.15, 0.2) is 30.7 Å². The molecule has 1 N–H and O–H groups in total. The van der Waals surface area contributed by atoms with E-state index in [9.17, 15) is 9.18 Å². The summed E-state index contributed by atoms with van der Waals surface area (Å²) in [6.45, 7) is 6.93. The molecule has 1 aliphatic heterocycles. The molecule has 1 aromatic carbocycles. The second-order valence-electron chi connectivity index (χ2n) is 8.86. The van der Waals surface area contributed by atoms with Gasteiger partial charge in [-0.1, -0.05) is 24.6 Å². The molecule has 2 fully saturated rings. The molecule has 6 heteroatoms. The molecule has 28 heavy (non-hydrogen) atoms. The summed E-state index contributed by atoms with van der Waals surface area (Å²) in [5.74, 6) is 0.572. The molecular weight excluding hydrogens is 355 g/mol. The summed E-state index contributed by atoms with van der Waals surface area (Å²) >= 11 is 0. The number of hydrogen-bond donors (Lipinski definition) is 1. The predicted molar refractivity (Wildman–Crippen MR) is 106 cm³/mol. The molecule has 150 valence electrons. The number of aryl methyl sites for hydroxylation is 2. The molecule has 2 aromatic rings. The van der Waals surface area contributed by atoms with Gasteiger partial charge in [0.05, 0.1) is 6.33 Å². The van der Waals surface area contributed by atoms with Crippen LogP contribution in [0.5, 0.6) is 0 Å². The van der Waals surface area contributed by atoms with Gasteiger partial charge in [0.1, 0.15) is 5.82 Å². The first-order valence-electron chi connectivity index (χ1n) is 10.1. The summed E-state index contributed by atoms with van der Waals surface area (Å²) in [5, 5.41) is 3.17. The minimum Gasteiger partial charge on any atom is -0.355 e. The number of halogens is 1. The van der Waals surface area contributed by atoms with Crippen LogP contribution in [0.1, 0.15) is 42.5 Å². The second kappa shape index (κ2) is 7.32. The van der Waals surface area contributed by atoms with Gasteiger partial charge in [0.15, 0.2) is 0 Å². The maximum Gasteiger partial charge on any atom is 0.225 e. The van der Waals surface area contributed by atoms with Crippen molar-refractivity contribution in [3.05, 3.63) is 53.4 Å². The second-order valence-corrected chi connectivity index (χ2v) is 8.86. The van der Waals surface area contributed by atoms with Gasteiger partial charge in [0, 0.05) is 62.0 Å². The summed E-state index contributed by atoms with van der Waals surface area (Å²) in [6.07, 6.45) is 5.69. The van der Waals surface area contributed by atoms with Crippen LogP contribution in [-0.4, -0.2) is 40.0 Å². The molecule has 1 saturated heterocycles. The third-order valence-corrected chi connectivity index (χ3v) is 6.42. The van der Waals surface area contributed by atoms with Crippen LogP contribution in [0.3, 0.4) is 0 Å². The summed E-state index contributed by atoms with van der Waals surface area (Å²) in [6, 6.07) is 5.28. The van der Waals surface area contributed by atoms with Crippen molar-refractivity contribution in [2.45, 2.75) is 39.2 Å². The van der Waals surface area contributed by atoms with Gasteiger partial charge in [-0.3, -0.25) is 9.69 Å². The fraction of sp³-hybridized carbons (Fsp3) is 0.545. The number of nitrogens with one attached hydrogen (secondary N) is 1. The summed E-state index contributed by atoms with van der Waals surface area (Å²) in [4.78, 5) is 19.0. The summed E-state index contributed by atoms with van der Waals surface area (Å²) < 4.78 is 16.3. The van der Waals surface area contributed by atoms with Crippen LogP contribution in [0.25, 0.3) is 0 Å². The zero-order valence-electron chi connectivity index (χ0n) is 16.9. The lowest BCUT2D eigenvalue weighted by Crippen LogP contribution is -2.36. The molecule has 0 bridgehead atoms. The third kappa shape index (κ3) is 3.83. The van der Waals surface area contributed by atoms with Crippen molar-refractivity contribution >= 4 is 5.91 Å². The lowest BCUT2D eigenvalue weighted by atomic mass is 9.92. The quantitative estimate of drug-likeness (QED) is 0.833. The van der Waals surface area contributed by atoms with Crippen LogP contribution in [-0.2, 0) is 18.4 Å². The zero-order valence-corrected chi connectivity index (χ0v) is 16.9. The number of carbonyl (C=O) groups excluding carboxylic acids is 1. The first-order chi connectivity index (χ1) is 13.4. The normalized spacial score (nSPS) is 23.7. The Kier molecular flexibility index (Phi) is 5.00. The van der Waals surface area contributed by atoms with Crippen molar-refractivity contribution in [3.8, 4) is 0 Å². The fourth-order valence-electron chi connectivity index (χ4n) is 4.27. The summed E-state index contributed by atoms with van der Waals surface area (Å²) in [5.41, 5.74) is 2.81. The standard InChI is InChI=1S/C22H29FN4O/c1-15-4-5-19(23)16(8-15)11-27-12-17(9-25-21(28)22(2)6-7-22)18(13-27)20-10-24-14-26(20)3/h4-5,8,10,14,17-18H,6-7,9,11-13H2,1-3H3,(H,25,28)/t17-,18-/m1/s1. The first-order valence-corrected chi connectivity index (χ1v) is 10.1. The van der Waals surface area contributed by atoms with Gasteiger partial charge in [-0.2, -0.15) is 0 Å². The Balaban J connectivity index is 1.48. The minimum atomic E-state index is -0.162. The Morgan fingerprint density at radius 1 is 1.36 bits per heavy atom. The Hall–Kier alpha value is -2.21. The van der Waals surface area contributed by atoms with E-state index in [-0.39, 0.29) is 29.0 Å². The average Bonchev–Trinajstić information content (AvgIpc) is 3.09. The highest BCUT2D eigenvalue weighted by Gasteiger charge is 2.45. The van der Waals surface area contributed by atoms with Crippen molar-refractivity contribution in [1.82, 2.24) is 19.8 Å². The molecule has 0 spiro atoms. The first kappa shape index (κ1) is 19.1. The lowest BCUT2D eigenvalue weighted by molar-refractivity contribution is -0.125. The monoisotopic (exact) mass is 384 g/mol. The molecule has 1 aromatic heterocycles. The molecule has 2 aliphatic rings. The van der Waals surface area contributed by atoms with Crippen molar-refractivity contribution < 1.29 is 9.18 Å². The fourth-order valence-corrected chi connectivity index (χ4v) is 4.27. The maximum absolute atomic E-state index is 14.2. The topological polar surface area (TPSA) is 50.2 Å². The Morgan fingerprint density at radius 2 is 2.14 bits per heavy atom. The molecule has 0 unspecified atom stereocenters. The highest BCUT2D eigenvalue weighted by Crippen LogP contribution is 2.45. The Morgan fingerprint density at radius 3 is 2.82 bits per heavy atom. The van der Waals surface area contributed by atoms with E-state index in [1.165, 1.54) is 5.69 Å². The largest absolute Gasteiger partial charge is 0.355 e. The zero-order chi connectivity index (χ0) is 19.9. The third-order valence-electron chi connectivity index (χ3n) is 6.42. The van der Waals surface area contributed by atoms with E-state index < -0.39 is 0 Å². The van der Waals surface area contributed by atoms with E-state index in [1.54, 1.807) is 12.1 Å². The van der Waals surface area contributed by atoms with Gasteiger partial charge in [-0.15, -0.1) is 0 Å². The van der Waals surface area contributed by atoms with Gasteiger partial charge in [-0.05, 0) is 31.7 Å². The van der Waals surface area contributed by atoms with Gasteiger partial charge in [0.25, 0.3) is 0 Å². The number of aromatic nitrogens is 2. The van der Waals surface area contributed by atoms with Gasteiger partial charge >= 0.3 is 0 Å². The van der Waals surface area contributed by atoms with Crippen molar-refractivity contribution in [2.75, 3.05) is 19.6 Å². The molecule has 0 radical (unpaired) electrons. The molecule has 4 rings (SSSR count). The van der Waals surface area contributed by atoms with E-state index in [1.807, 2.05) is 39.5 Å². The molecule has 5 nitrogen and oxygen atoms in total. The molecule has 1 aliphatic carbocycles. The number of amides is 1. The number of likely N-dealkylation sites (tertiary alicyclic amines) is 1. The highest BCUT2D eigenvalue weighted by molar-refractivity contribution is 5.84. The maximum atomic E-state index is 14.2. The molecular formula is C22H29FN4O. The van der Waals surface area contributed by atoms with E-state index in [2.05, 4.69) is 19.8 Å². The van der Waals surface area contributed by atoms with E-state index in [4.69, 9.17) is 0 Å². The van der Waals surface area contributed by atoms with E-state index in [0.717, 1.165) is 37.1 Å². The molecule has 2 heterocycles. The van der Waals surface area contributed by atoms with Crippen LogP contribution < -0.4 is 5.32 Å². The van der Waals surface area contributed by atoms with Gasteiger partial charge in [-0.25, -0.2) is 9.37 Å². The minimum absolute atomic E-state index is 0.152. The number of carbonyl (C=O) groups is 1. The van der Waals surface area contributed by atoms with Gasteiger partial charge < -0.3 is 9.88 Å². The van der Waals surface area contributed by atoms with Crippen LogP contribution in [0.2, 0.25) is 0 Å². The number of benzene rings is 1. The highest BCUT2D eigenvalue weighted by atomic mass is 19.1. The van der Waals surface area contributed by atoms with Crippen LogP contribution >= 0.6 is 0 Å². The molecule has 2 atom stereocenters. The molecule has 1 saturated carbocycles. The predicted octanol–water partition coefficient (Wildman–Crippen LogP) is 3.00. The number of hydrogen-bond acceptors (Lipinski definition) is 3. The smallest absolute Gasteiger partial charge is 0.225 e. The lowest BCUT2D eigenvalue weighted by Gasteiger charge is -2.20. The SMILES string of the molecule is Cc1ccc(F)c(CN2C[C@@H](CNC(=O)C3(C)CC3)[C@H](c3cncn3C)C2)c1. The van der Waals surface area contributed by atoms with Gasteiger partial charge in [0.2, 0.25) is 5.91 Å². The number of nitrogens with zero attached hydrogens (tertiary/aromatic N) is 3. The van der Waals surface area contributed by atoms with Crippen molar-refractivity contribution in [2.24, 2.45) is 18.4 Å². The Labute approximate surface area is 165 Å². The average molecular weight is 384 g/mol. The van der Waals surface area contributed by atoms with E-state index in [0.29, 0.717) is 13.1 Å². The van der Waals surface area contributed by atoms with Crippen LogP contribution in [0, 0.1) is 24.1 Å². The number of rotatable bonds is 6. The Bertz CT molecular complexity index is 873. The van der Waals surface area contributed by atoms with E-state index >= 15 is 0 Å².